The number of nitrogens with zero attached hydrogens (tertiary/aromatic N) is 2. The highest BCUT2D eigenvalue weighted by Crippen LogP contribution is 2.26. The number of hydrogen-bond acceptors (Lipinski definition) is 3. The number of benzene rings is 2. The average molecular weight is 420 g/mol. The number of ether oxygens (including phenoxy) is 1. The van der Waals surface area contributed by atoms with Crippen molar-refractivity contribution in [3.8, 4) is 11.1 Å². The SMILES string of the molecule is [C-]#[N+]c1cccc(-c2cc(C)cc(CNCC3CCN(C(=O)OC(C)(C)C)CC3)c2)c1. The van der Waals surface area contributed by atoms with Crippen LogP contribution < -0.4 is 5.32 Å². The van der Waals surface area contributed by atoms with Gasteiger partial charge in [0.1, 0.15) is 5.60 Å². The lowest BCUT2D eigenvalue weighted by Gasteiger charge is -2.33. The second-order valence-electron chi connectivity index (χ2n) is 9.41. The zero-order valence-corrected chi connectivity index (χ0v) is 19.1. The molecule has 0 radical (unpaired) electrons. The summed E-state index contributed by atoms with van der Waals surface area (Å²) in [6, 6.07) is 14.3. The normalized spacial score (nSPS) is 14.9. The molecule has 0 saturated carbocycles. The zero-order valence-electron chi connectivity index (χ0n) is 19.1. The molecule has 0 bridgehead atoms. The van der Waals surface area contributed by atoms with Gasteiger partial charge in [-0.3, -0.25) is 0 Å². The van der Waals surface area contributed by atoms with E-state index in [-0.39, 0.29) is 6.09 Å². The van der Waals surface area contributed by atoms with Crippen molar-refractivity contribution in [2.24, 2.45) is 5.92 Å². The minimum atomic E-state index is -0.445. The first kappa shape index (κ1) is 22.8. The predicted octanol–water partition coefficient (Wildman–Crippen LogP) is 5.95. The number of carbonyl (C=O) groups excluding carboxylic acids is 1. The van der Waals surface area contributed by atoms with Crippen LogP contribution in [-0.2, 0) is 11.3 Å². The van der Waals surface area contributed by atoms with Crippen molar-refractivity contribution in [1.82, 2.24) is 10.2 Å². The van der Waals surface area contributed by atoms with Crippen LogP contribution in [0.5, 0.6) is 0 Å². The highest BCUT2D eigenvalue weighted by Gasteiger charge is 2.26. The number of piperidine rings is 1. The number of rotatable bonds is 5. The first-order chi connectivity index (χ1) is 14.7. The van der Waals surface area contributed by atoms with Crippen molar-refractivity contribution in [2.75, 3.05) is 19.6 Å². The van der Waals surface area contributed by atoms with E-state index in [9.17, 15) is 4.79 Å². The lowest BCUT2D eigenvalue weighted by molar-refractivity contribution is 0.0184. The molecule has 1 fully saturated rings. The smallest absolute Gasteiger partial charge is 0.410 e. The van der Waals surface area contributed by atoms with Gasteiger partial charge in [-0.15, -0.1) is 0 Å². The number of aryl methyl sites for hydroxylation is 1. The Kier molecular flexibility index (Phi) is 7.35. The van der Waals surface area contributed by atoms with Crippen LogP contribution in [0.25, 0.3) is 16.0 Å². The minimum Gasteiger partial charge on any atom is -0.444 e. The van der Waals surface area contributed by atoms with E-state index in [1.165, 1.54) is 11.1 Å². The van der Waals surface area contributed by atoms with Crippen LogP contribution in [0.1, 0.15) is 44.7 Å². The van der Waals surface area contributed by atoms with Crippen LogP contribution in [0.15, 0.2) is 42.5 Å². The van der Waals surface area contributed by atoms with E-state index in [4.69, 9.17) is 11.3 Å². The second-order valence-corrected chi connectivity index (χ2v) is 9.41. The summed E-state index contributed by atoms with van der Waals surface area (Å²) in [4.78, 5) is 17.6. The van der Waals surface area contributed by atoms with Gasteiger partial charge in [-0.1, -0.05) is 35.9 Å². The van der Waals surface area contributed by atoms with E-state index in [2.05, 4.69) is 41.4 Å². The summed E-state index contributed by atoms with van der Waals surface area (Å²) in [5.41, 5.74) is 4.90. The first-order valence-electron chi connectivity index (χ1n) is 11.0. The van der Waals surface area contributed by atoms with E-state index in [0.717, 1.165) is 50.1 Å². The zero-order chi connectivity index (χ0) is 22.4. The molecule has 3 rings (SSSR count). The highest BCUT2D eigenvalue weighted by atomic mass is 16.6. The maximum absolute atomic E-state index is 12.2. The van der Waals surface area contributed by atoms with Crippen molar-refractivity contribution in [2.45, 2.75) is 52.7 Å². The first-order valence-corrected chi connectivity index (χ1v) is 11.0. The van der Waals surface area contributed by atoms with Crippen molar-refractivity contribution in [3.05, 3.63) is 65.0 Å². The fraction of sp³-hybridized carbons (Fsp3) is 0.462. The third-order valence-electron chi connectivity index (χ3n) is 5.47. The summed E-state index contributed by atoms with van der Waals surface area (Å²) in [6.07, 6.45) is 1.79. The van der Waals surface area contributed by atoms with Gasteiger partial charge in [0, 0.05) is 19.6 Å². The number of hydrogen-bond donors (Lipinski definition) is 1. The lowest BCUT2D eigenvalue weighted by atomic mass is 9.96. The monoisotopic (exact) mass is 419 g/mol. The number of nitrogens with one attached hydrogen (secondary N) is 1. The molecule has 0 aromatic heterocycles. The molecule has 1 N–H and O–H groups in total. The van der Waals surface area contributed by atoms with Crippen molar-refractivity contribution in [1.29, 1.82) is 0 Å². The Hall–Kier alpha value is -2.84. The Morgan fingerprint density at radius 2 is 1.90 bits per heavy atom. The summed E-state index contributed by atoms with van der Waals surface area (Å²) in [6.45, 7) is 18.3. The van der Waals surface area contributed by atoms with Gasteiger partial charge >= 0.3 is 6.09 Å². The second kappa shape index (κ2) is 9.98. The summed E-state index contributed by atoms with van der Waals surface area (Å²) in [5, 5.41) is 3.60. The molecule has 1 aliphatic rings. The summed E-state index contributed by atoms with van der Waals surface area (Å²) in [7, 11) is 0. The molecule has 0 atom stereocenters. The Bertz CT molecular complexity index is 948. The summed E-state index contributed by atoms with van der Waals surface area (Å²) in [5.74, 6) is 0.568. The van der Waals surface area contributed by atoms with Gasteiger partial charge in [0.2, 0.25) is 0 Å². The van der Waals surface area contributed by atoms with Gasteiger partial charge in [0.25, 0.3) is 0 Å². The Labute approximate surface area is 186 Å². The Balaban J connectivity index is 1.51. The van der Waals surface area contributed by atoms with E-state index in [1.54, 1.807) is 0 Å². The number of amides is 1. The fourth-order valence-electron chi connectivity index (χ4n) is 3.95. The largest absolute Gasteiger partial charge is 0.444 e. The van der Waals surface area contributed by atoms with Crippen LogP contribution in [-0.4, -0.2) is 36.2 Å². The van der Waals surface area contributed by atoms with Crippen molar-refractivity contribution < 1.29 is 9.53 Å². The van der Waals surface area contributed by atoms with Crippen molar-refractivity contribution >= 4 is 11.8 Å². The molecule has 1 aliphatic heterocycles. The van der Waals surface area contributed by atoms with Gasteiger partial charge in [-0.05, 0) is 81.8 Å². The van der Waals surface area contributed by atoms with E-state index in [1.807, 2.05) is 43.9 Å². The molecule has 31 heavy (non-hydrogen) atoms. The van der Waals surface area contributed by atoms with Gasteiger partial charge < -0.3 is 15.0 Å². The molecule has 1 amide bonds. The standard InChI is InChI=1S/C26H33N3O2/c1-19-13-21(15-23(14-19)22-7-6-8-24(16-22)27-5)18-28-17-20-9-11-29(12-10-20)25(30)31-26(2,3)4/h6-8,13-16,20,28H,9-12,17-18H2,1-4H3. The molecule has 5 heteroatoms. The maximum Gasteiger partial charge on any atom is 0.410 e. The summed E-state index contributed by atoms with van der Waals surface area (Å²) < 4.78 is 5.48. The van der Waals surface area contributed by atoms with Gasteiger partial charge in [-0.25, -0.2) is 9.64 Å². The molecule has 0 aliphatic carbocycles. The van der Waals surface area contributed by atoms with Gasteiger partial charge in [-0.2, -0.15) is 0 Å². The lowest BCUT2D eigenvalue weighted by Crippen LogP contribution is -2.43. The molecule has 2 aromatic carbocycles. The van der Waals surface area contributed by atoms with Crippen molar-refractivity contribution in [3.63, 3.8) is 0 Å². The fourth-order valence-corrected chi connectivity index (χ4v) is 3.95. The van der Waals surface area contributed by atoms with E-state index < -0.39 is 5.60 Å². The van der Waals surface area contributed by atoms with Crippen LogP contribution in [0.4, 0.5) is 10.5 Å². The minimum absolute atomic E-state index is 0.200. The molecule has 164 valence electrons. The number of likely N-dealkylation sites (tertiary alicyclic amines) is 1. The Morgan fingerprint density at radius 3 is 2.58 bits per heavy atom. The molecule has 0 spiro atoms. The third-order valence-corrected chi connectivity index (χ3v) is 5.47. The molecule has 5 nitrogen and oxygen atoms in total. The average Bonchev–Trinajstić information content (AvgIpc) is 2.72. The topological polar surface area (TPSA) is 45.9 Å². The molecule has 1 saturated heterocycles. The third kappa shape index (κ3) is 6.83. The molecular formula is C26H33N3O2. The summed E-state index contributed by atoms with van der Waals surface area (Å²) >= 11 is 0. The van der Waals surface area contributed by atoms with Gasteiger partial charge in [0.05, 0.1) is 6.57 Å². The van der Waals surface area contributed by atoms with Crippen LogP contribution in [0.3, 0.4) is 0 Å². The van der Waals surface area contributed by atoms with Crippen LogP contribution >= 0.6 is 0 Å². The quantitative estimate of drug-likeness (QED) is 0.609. The highest BCUT2D eigenvalue weighted by molar-refractivity contribution is 5.69. The molecule has 0 unspecified atom stereocenters. The van der Waals surface area contributed by atoms with Gasteiger partial charge in [0.15, 0.2) is 5.69 Å². The predicted molar refractivity (Wildman–Crippen MR) is 125 cm³/mol. The molecule has 2 aromatic rings. The van der Waals surface area contributed by atoms with Crippen LogP contribution in [0, 0.1) is 19.4 Å². The van der Waals surface area contributed by atoms with Crippen LogP contribution in [0.2, 0.25) is 0 Å². The molecule has 1 heterocycles. The van der Waals surface area contributed by atoms with E-state index in [0.29, 0.717) is 11.6 Å². The maximum atomic E-state index is 12.2. The molecular weight excluding hydrogens is 386 g/mol. The Morgan fingerprint density at radius 1 is 1.16 bits per heavy atom. The number of carbonyl (C=O) groups is 1. The van der Waals surface area contributed by atoms with E-state index >= 15 is 0 Å².